The third-order valence-corrected chi connectivity index (χ3v) is 2.97. The van der Waals surface area contributed by atoms with Crippen molar-refractivity contribution in [2.24, 2.45) is 0 Å². The molecule has 0 saturated heterocycles. The Hall–Kier alpha value is -2.57. The predicted molar refractivity (Wildman–Crippen MR) is 89.7 cm³/mol. The van der Waals surface area contributed by atoms with Crippen molar-refractivity contribution in [3.05, 3.63) is 24.3 Å². The SMILES string of the molecule is CCC(C)Oc1cccc(NC(=O)C(=O)NCC(=O)OC(C)C)c1. The van der Waals surface area contributed by atoms with Crippen LogP contribution in [0.3, 0.4) is 0 Å². The van der Waals surface area contributed by atoms with E-state index in [1.807, 2.05) is 13.8 Å². The molecule has 2 amide bonds. The van der Waals surface area contributed by atoms with Crippen LogP contribution in [0.15, 0.2) is 24.3 Å². The Bertz CT molecular complexity index is 586. The van der Waals surface area contributed by atoms with Crippen LogP contribution < -0.4 is 15.4 Å². The molecule has 0 aliphatic heterocycles. The summed E-state index contributed by atoms with van der Waals surface area (Å²) in [5.41, 5.74) is 0.431. The number of hydrogen-bond acceptors (Lipinski definition) is 5. The quantitative estimate of drug-likeness (QED) is 0.586. The van der Waals surface area contributed by atoms with Crippen LogP contribution in [0.5, 0.6) is 5.75 Å². The highest BCUT2D eigenvalue weighted by atomic mass is 16.5. The van der Waals surface area contributed by atoms with Crippen LogP contribution in [0.25, 0.3) is 0 Å². The van der Waals surface area contributed by atoms with Crippen molar-refractivity contribution in [3.63, 3.8) is 0 Å². The molecule has 0 radical (unpaired) electrons. The largest absolute Gasteiger partial charge is 0.491 e. The zero-order valence-corrected chi connectivity index (χ0v) is 14.4. The smallest absolute Gasteiger partial charge is 0.325 e. The Balaban J connectivity index is 2.53. The first kappa shape index (κ1) is 19.5. The maximum Gasteiger partial charge on any atom is 0.325 e. The lowest BCUT2D eigenvalue weighted by molar-refractivity contribution is -0.147. The molecule has 0 heterocycles. The Morgan fingerprint density at radius 2 is 1.83 bits per heavy atom. The molecule has 0 aromatic heterocycles. The van der Waals surface area contributed by atoms with E-state index in [2.05, 4.69) is 10.6 Å². The van der Waals surface area contributed by atoms with E-state index in [0.717, 1.165) is 6.42 Å². The van der Waals surface area contributed by atoms with E-state index in [1.165, 1.54) is 0 Å². The molecule has 0 bridgehead atoms. The number of anilines is 1. The summed E-state index contributed by atoms with van der Waals surface area (Å²) in [4.78, 5) is 34.8. The Morgan fingerprint density at radius 1 is 1.12 bits per heavy atom. The lowest BCUT2D eigenvalue weighted by Crippen LogP contribution is -2.39. The van der Waals surface area contributed by atoms with E-state index in [9.17, 15) is 14.4 Å². The van der Waals surface area contributed by atoms with Crippen LogP contribution in [0.2, 0.25) is 0 Å². The number of hydrogen-bond donors (Lipinski definition) is 2. The Labute approximate surface area is 141 Å². The van der Waals surface area contributed by atoms with E-state index in [4.69, 9.17) is 9.47 Å². The monoisotopic (exact) mass is 336 g/mol. The minimum absolute atomic E-state index is 0.0474. The number of rotatable bonds is 7. The van der Waals surface area contributed by atoms with Gasteiger partial charge in [0.1, 0.15) is 12.3 Å². The molecule has 1 aromatic rings. The second kappa shape index (κ2) is 9.54. The third kappa shape index (κ3) is 7.13. The Kier molecular flexibility index (Phi) is 7.74. The summed E-state index contributed by atoms with van der Waals surface area (Å²) in [7, 11) is 0. The van der Waals surface area contributed by atoms with Crippen molar-refractivity contribution in [1.29, 1.82) is 0 Å². The van der Waals surface area contributed by atoms with Gasteiger partial charge in [-0.25, -0.2) is 0 Å². The van der Waals surface area contributed by atoms with Gasteiger partial charge in [0.2, 0.25) is 0 Å². The standard InChI is InChI=1S/C17H24N2O5/c1-5-12(4)24-14-8-6-7-13(9-14)19-17(22)16(21)18-10-15(20)23-11(2)3/h6-9,11-12H,5,10H2,1-4H3,(H,18,21)(H,19,22). The molecule has 0 saturated carbocycles. The summed E-state index contributed by atoms with van der Waals surface area (Å²) < 4.78 is 10.5. The first-order valence-corrected chi connectivity index (χ1v) is 7.87. The van der Waals surface area contributed by atoms with Crippen molar-refractivity contribution in [3.8, 4) is 5.75 Å². The van der Waals surface area contributed by atoms with E-state index in [1.54, 1.807) is 38.1 Å². The van der Waals surface area contributed by atoms with Gasteiger partial charge in [-0.2, -0.15) is 0 Å². The van der Waals surface area contributed by atoms with Crippen LogP contribution in [0.1, 0.15) is 34.1 Å². The van der Waals surface area contributed by atoms with Gasteiger partial charge in [0.25, 0.3) is 0 Å². The zero-order valence-electron chi connectivity index (χ0n) is 14.4. The highest BCUT2D eigenvalue weighted by molar-refractivity contribution is 6.39. The van der Waals surface area contributed by atoms with Crippen molar-refractivity contribution < 1.29 is 23.9 Å². The second-order valence-corrected chi connectivity index (χ2v) is 5.54. The summed E-state index contributed by atoms with van der Waals surface area (Å²) in [6.07, 6.45) is 0.619. The number of carbonyl (C=O) groups excluding carboxylic acids is 3. The van der Waals surface area contributed by atoms with Crippen LogP contribution in [-0.4, -0.2) is 36.5 Å². The van der Waals surface area contributed by atoms with E-state index in [0.29, 0.717) is 11.4 Å². The maximum atomic E-state index is 11.8. The topological polar surface area (TPSA) is 93.7 Å². The fraction of sp³-hybridized carbons (Fsp3) is 0.471. The molecular weight excluding hydrogens is 312 g/mol. The maximum absolute atomic E-state index is 11.8. The fourth-order valence-corrected chi connectivity index (χ4v) is 1.69. The lowest BCUT2D eigenvalue weighted by atomic mass is 10.2. The first-order valence-electron chi connectivity index (χ1n) is 7.87. The predicted octanol–water partition coefficient (Wildman–Crippen LogP) is 1.87. The van der Waals surface area contributed by atoms with Gasteiger partial charge in [0.05, 0.1) is 12.2 Å². The Morgan fingerprint density at radius 3 is 2.46 bits per heavy atom. The average molecular weight is 336 g/mol. The second-order valence-electron chi connectivity index (χ2n) is 5.54. The molecule has 0 aliphatic carbocycles. The molecule has 1 atom stereocenters. The van der Waals surface area contributed by atoms with Gasteiger partial charge in [-0.1, -0.05) is 13.0 Å². The molecule has 7 nitrogen and oxygen atoms in total. The van der Waals surface area contributed by atoms with E-state index < -0.39 is 17.8 Å². The van der Waals surface area contributed by atoms with Gasteiger partial charge in [0, 0.05) is 11.8 Å². The zero-order chi connectivity index (χ0) is 18.1. The highest BCUT2D eigenvalue weighted by Gasteiger charge is 2.16. The van der Waals surface area contributed by atoms with Gasteiger partial charge < -0.3 is 20.1 Å². The minimum atomic E-state index is -0.913. The molecule has 7 heteroatoms. The molecular formula is C17H24N2O5. The summed E-state index contributed by atoms with van der Waals surface area (Å²) in [5.74, 6) is -1.78. The molecule has 0 aliphatic rings. The summed E-state index contributed by atoms with van der Waals surface area (Å²) in [6, 6.07) is 6.75. The number of ether oxygens (including phenoxy) is 2. The lowest BCUT2D eigenvalue weighted by Gasteiger charge is -2.13. The van der Waals surface area contributed by atoms with E-state index in [-0.39, 0.29) is 18.8 Å². The van der Waals surface area contributed by atoms with Gasteiger partial charge >= 0.3 is 17.8 Å². The van der Waals surface area contributed by atoms with Crippen LogP contribution in [0, 0.1) is 0 Å². The molecule has 1 rings (SSSR count). The average Bonchev–Trinajstić information content (AvgIpc) is 2.52. The van der Waals surface area contributed by atoms with Gasteiger partial charge in [0.15, 0.2) is 0 Å². The summed E-state index contributed by atoms with van der Waals surface area (Å²) >= 11 is 0. The molecule has 1 aromatic carbocycles. The van der Waals surface area contributed by atoms with Crippen LogP contribution in [-0.2, 0) is 19.1 Å². The van der Waals surface area contributed by atoms with Crippen LogP contribution >= 0.6 is 0 Å². The molecule has 0 spiro atoms. The summed E-state index contributed by atoms with van der Waals surface area (Å²) in [6.45, 7) is 6.98. The normalized spacial score (nSPS) is 11.5. The molecule has 2 N–H and O–H groups in total. The highest BCUT2D eigenvalue weighted by Crippen LogP contribution is 2.19. The third-order valence-electron chi connectivity index (χ3n) is 2.97. The van der Waals surface area contributed by atoms with Gasteiger partial charge in [-0.15, -0.1) is 0 Å². The molecule has 0 fully saturated rings. The minimum Gasteiger partial charge on any atom is -0.491 e. The van der Waals surface area contributed by atoms with Crippen molar-refractivity contribution in [2.75, 3.05) is 11.9 Å². The number of benzene rings is 1. The fourth-order valence-electron chi connectivity index (χ4n) is 1.69. The molecule has 24 heavy (non-hydrogen) atoms. The molecule has 1 unspecified atom stereocenters. The van der Waals surface area contributed by atoms with Gasteiger partial charge in [-0.3, -0.25) is 14.4 Å². The molecule has 132 valence electrons. The van der Waals surface area contributed by atoms with Crippen LogP contribution in [0.4, 0.5) is 5.69 Å². The van der Waals surface area contributed by atoms with Crippen molar-refractivity contribution >= 4 is 23.5 Å². The van der Waals surface area contributed by atoms with Gasteiger partial charge in [-0.05, 0) is 39.3 Å². The summed E-state index contributed by atoms with van der Waals surface area (Å²) in [5, 5.41) is 4.66. The number of carbonyl (C=O) groups is 3. The first-order chi connectivity index (χ1) is 11.3. The number of esters is 1. The van der Waals surface area contributed by atoms with Crippen molar-refractivity contribution in [2.45, 2.75) is 46.3 Å². The number of amides is 2. The van der Waals surface area contributed by atoms with E-state index >= 15 is 0 Å². The number of nitrogens with one attached hydrogen (secondary N) is 2. The van der Waals surface area contributed by atoms with Crippen molar-refractivity contribution in [1.82, 2.24) is 5.32 Å².